The summed E-state index contributed by atoms with van der Waals surface area (Å²) in [7, 11) is 0. The van der Waals surface area contributed by atoms with Gasteiger partial charge in [0.2, 0.25) is 0 Å². The van der Waals surface area contributed by atoms with Gasteiger partial charge in [-0.15, -0.1) is 0 Å². The van der Waals surface area contributed by atoms with Crippen LogP contribution in [0.1, 0.15) is 96.5 Å². The van der Waals surface area contributed by atoms with Gasteiger partial charge in [-0.1, -0.05) is 36.4 Å². The van der Waals surface area contributed by atoms with Crippen LogP contribution in [0.3, 0.4) is 0 Å². The first kappa shape index (κ1) is 36.1. The number of fused-ring (bicyclic) bond motifs is 3. The van der Waals surface area contributed by atoms with Gasteiger partial charge in [-0.2, -0.15) is 0 Å². The fourth-order valence-electron chi connectivity index (χ4n) is 4.15. The summed E-state index contributed by atoms with van der Waals surface area (Å²) in [5, 5.41) is 8.63. The number of esters is 6. The van der Waals surface area contributed by atoms with Crippen LogP contribution in [0, 0.1) is 13.8 Å². The minimum Gasteiger partial charge on any atom is -0.502 e. The first-order chi connectivity index (χ1) is 22.9. The summed E-state index contributed by atoms with van der Waals surface area (Å²) in [4.78, 5) is 76.4. The second kappa shape index (κ2) is 16.8. The number of unbranched alkanes of at least 4 members (excludes halogenated alkanes) is 1. The molecule has 13 nitrogen and oxygen atoms in total. The fourth-order valence-corrected chi connectivity index (χ4v) is 4.15. The summed E-state index contributed by atoms with van der Waals surface area (Å²) in [6.07, 6.45) is 4.91. The molecule has 0 unspecified atom stereocenters. The molecule has 0 bridgehead atoms. The smallest absolute Gasteiger partial charge is 0.346 e. The predicted octanol–water partition coefficient (Wildman–Crippen LogP) is 5.39. The van der Waals surface area contributed by atoms with E-state index < -0.39 is 41.8 Å². The Hall–Kier alpha value is -6.37. The molecule has 3 aromatic rings. The van der Waals surface area contributed by atoms with E-state index in [1.165, 1.54) is 24.7 Å². The largest absolute Gasteiger partial charge is 0.502 e. The van der Waals surface area contributed by atoms with Crippen LogP contribution in [-0.4, -0.2) is 60.1 Å². The van der Waals surface area contributed by atoms with E-state index in [0.29, 0.717) is 22.3 Å². The average molecular weight is 659 g/mol. The highest BCUT2D eigenvalue weighted by Crippen LogP contribution is 2.22. The molecular formula is C35H30O13. The van der Waals surface area contributed by atoms with Gasteiger partial charge >= 0.3 is 41.8 Å². The highest BCUT2D eigenvalue weighted by atomic mass is 16.6. The maximum absolute atomic E-state index is 11.0. The Balaban J connectivity index is 0.000000175. The van der Waals surface area contributed by atoms with Crippen molar-refractivity contribution in [1.29, 1.82) is 0 Å². The molecule has 0 spiro atoms. The predicted molar refractivity (Wildman–Crippen MR) is 167 cm³/mol. The summed E-state index contributed by atoms with van der Waals surface area (Å²) in [6, 6.07) is 13.7. The Morgan fingerprint density at radius 1 is 0.583 bits per heavy atom. The Kier molecular flexibility index (Phi) is 12.6. The highest BCUT2D eigenvalue weighted by Gasteiger charge is 2.31. The number of hydrogen-bond donors (Lipinski definition) is 1. The lowest BCUT2D eigenvalue weighted by atomic mass is 10.1. The molecule has 3 aliphatic heterocycles. The van der Waals surface area contributed by atoms with Crippen LogP contribution in [0.2, 0.25) is 0 Å². The van der Waals surface area contributed by atoms with Gasteiger partial charge in [0.1, 0.15) is 0 Å². The molecule has 0 aromatic heterocycles. The minimum atomic E-state index is -1.15. The van der Waals surface area contributed by atoms with Crippen LogP contribution in [0.5, 0.6) is 0 Å². The van der Waals surface area contributed by atoms with E-state index in [2.05, 4.69) is 27.4 Å². The van der Waals surface area contributed by atoms with Crippen LogP contribution in [0.25, 0.3) is 0 Å². The zero-order valence-electron chi connectivity index (χ0n) is 25.9. The van der Waals surface area contributed by atoms with Gasteiger partial charge in [0.15, 0.2) is 0 Å². The van der Waals surface area contributed by atoms with E-state index in [1.807, 2.05) is 13.8 Å². The number of cyclic esters (lactones) is 6. The SMILES string of the molecule is C=COCCCCOC=C.Cc1ccc2c(c1)C(=O)OC2=O.Cc1ccc2c(c1)C(=O)OC2=O.O=C(O)c1ccc2c(c1)C(=O)OC2=O. The maximum atomic E-state index is 11.0. The average Bonchev–Trinajstić information content (AvgIpc) is 3.62. The topological polar surface area (TPSA) is 186 Å². The van der Waals surface area contributed by atoms with Crippen molar-refractivity contribution in [1.82, 2.24) is 0 Å². The van der Waals surface area contributed by atoms with Gasteiger partial charge in [0.25, 0.3) is 0 Å². The molecule has 0 amide bonds. The first-order valence-corrected chi connectivity index (χ1v) is 14.2. The van der Waals surface area contributed by atoms with Crippen LogP contribution < -0.4 is 0 Å². The van der Waals surface area contributed by atoms with Gasteiger partial charge in [0.05, 0.1) is 64.7 Å². The number of carboxylic acids is 1. The Bertz CT molecular complexity index is 1710. The fraction of sp³-hybridized carbons (Fsp3) is 0.171. The molecule has 0 aliphatic carbocycles. The van der Waals surface area contributed by atoms with E-state index in [4.69, 9.17) is 14.6 Å². The molecule has 0 radical (unpaired) electrons. The monoisotopic (exact) mass is 658 g/mol. The number of aromatic carboxylic acids is 1. The number of carbonyl (C=O) groups is 7. The van der Waals surface area contributed by atoms with Crippen LogP contribution in [-0.2, 0) is 23.7 Å². The molecule has 0 saturated heterocycles. The third-order valence-electron chi connectivity index (χ3n) is 6.50. The molecule has 13 heteroatoms. The van der Waals surface area contributed by atoms with Crippen molar-refractivity contribution < 1.29 is 62.4 Å². The standard InChI is InChI=1S/C9H4O5.2C9H6O3.C8H14O2/c10-7(11)4-1-2-5-6(3-4)9(13)14-8(5)12;2*1-5-2-3-6-7(4-5)9(11)12-8(6)10;1-3-9-7-5-6-8-10-4-2/h1-3H,(H,10,11);2*2-4H,1H3;3-4H,1-2,5-8H2. The van der Waals surface area contributed by atoms with Crippen molar-refractivity contribution in [2.24, 2.45) is 0 Å². The number of carboxylic acid groups (broad SMARTS) is 1. The van der Waals surface area contributed by atoms with Gasteiger partial charge in [-0.3, -0.25) is 0 Å². The van der Waals surface area contributed by atoms with Crippen molar-refractivity contribution in [2.75, 3.05) is 13.2 Å². The number of ether oxygens (including phenoxy) is 5. The molecule has 3 aromatic carbocycles. The number of benzene rings is 3. The Morgan fingerprint density at radius 3 is 1.27 bits per heavy atom. The van der Waals surface area contributed by atoms with E-state index >= 15 is 0 Å². The molecule has 0 fully saturated rings. The summed E-state index contributed by atoms with van der Waals surface area (Å²) in [5.41, 5.74) is 3.45. The second-order valence-corrected chi connectivity index (χ2v) is 9.98. The van der Waals surface area contributed by atoms with Crippen molar-refractivity contribution in [3.8, 4) is 0 Å². The first-order valence-electron chi connectivity index (χ1n) is 14.2. The molecule has 0 atom stereocenters. The van der Waals surface area contributed by atoms with Crippen LogP contribution in [0.15, 0.2) is 80.3 Å². The third-order valence-corrected chi connectivity index (χ3v) is 6.50. The molecule has 6 rings (SSSR count). The molecule has 1 N–H and O–H groups in total. The molecule has 3 aliphatic rings. The molecule has 3 heterocycles. The summed E-state index contributed by atoms with van der Waals surface area (Å²) in [5.74, 6) is -4.86. The number of rotatable bonds is 8. The van der Waals surface area contributed by atoms with Crippen molar-refractivity contribution in [3.63, 3.8) is 0 Å². The van der Waals surface area contributed by atoms with E-state index in [-0.39, 0.29) is 16.7 Å². The minimum absolute atomic E-state index is 0.00917. The van der Waals surface area contributed by atoms with Gasteiger partial charge in [0, 0.05) is 0 Å². The number of hydrogen-bond acceptors (Lipinski definition) is 12. The normalized spacial score (nSPS) is 13.0. The Morgan fingerprint density at radius 2 is 0.917 bits per heavy atom. The van der Waals surface area contributed by atoms with E-state index in [1.54, 1.807) is 36.4 Å². The van der Waals surface area contributed by atoms with Crippen LogP contribution in [0.4, 0.5) is 0 Å². The van der Waals surface area contributed by atoms with Gasteiger partial charge in [-0.05, 0) is 69.2 Å². The highest BCUT2D eigenvalue weighted by molar-refractivity contribution is 6.16. The van der Waals surface area contributed by atoms with Crippen LogP contribution >= 0.6 is 0 Å². The summed E-state index contributed by atoms with van der Waals surface area (Å²) in [6.45, 7) is 12.0. The number of carbonyl (C=O) groups excluding carboxylic acids is 6. The van der Waals surface area contributed by atoms with Gasteiger partial charge < -0.3 is 28.8 Å². The maximum Gasteiger partial charge on any atom is 0.346 e. The third kappa shape index (κ3) is 9.33. The molecule has 48 heavy (non-hydrogen) atoms. The zero-order chi connectivity index (χ0) is 35.4. The van der Waals surface area contributed by atoms with Crippen molar-refractivity contribution in [2.45, 2.75) is 26.7 Å². The van der Waals surface area contributed by atoms with Crippen molar-refractivity contribution >= 4 is 41.8 Å². The van der Waals surface area contributed by atoms with Crippen molar-refractivity contribution in [3.05, 3.63) is 130 Å². The Labute approximate surface area is 274 Å². The van der Waals surface area contributed by atoms with E-state index in [0.717, 1.165) is 43.2 Å². The summed E-state index contributed by atoms with van der Waals surface area (Å²) < 4.78 is 22.9. The zero-order valence-corrected chi connectivity index (χ0v) is 25.9. The number of aryl methyl sites for hydroxylation is 2. The summed E-state index contributed by atoms with van der Waals surface area (Å²) >= 11 is 0. The second-order valence-electron chi connectivity index (χ2n) is 9.98. The lowest BCUT2D eigenvalue weighted by Crippen LogP contribution is -2.00. The van der Waals surface area contributed by atoms with Gasteiger partial charge in [-0.25, -0.2) is 33.6 Å². The lowest BCUT2D eigenvalue weighted by molar-refractivity contribution is 0.0425. The van der Waals surface area contributed by atoms with E-state index in [9.17, 15) is 33.6 Å². The molecular weight excluding hydrogens is 628 g/mol. The quantitative estimate of drug-likeness (QED) is 0.107. The lowest BCUT2D eigenvalue weighted by Gasteiger charge is -1.99. The molecule has 0 saturated carbocycles. The molecule has 248 valence electrons.